The molecule has 272 valence electrons. The number of fused-ring (bicyclic) bond motifs is 6. The SMILES string of the molecule is c1ccc(-c2ccc(N(c3ccc(-c4ccc5ccc6ccccc6c5c4)cc3)c3ccc(-c4ccccc4)c4c3oc3c(-c5ccccc5)cccc34)cc2)cc1. The predicted octanol–water partition coefficient (Wildman–Crippen LogP) is 16.0. The Morgan fingerprint density at radius 2 is 0.793 bits per heavy atom. The number of anilines is 3. The molecule has 0 N–H and O–H groups in total. The molecule has 0 aliphatic heterocycles. The summed E-state index contributed by atoms with van der Waals surface area (Å²) in [6.45, 7) is 0. The van der Waals surface area contributed by atoms with Gasteiger partial charge in [-0.1, -0.05) is 188 Å². The molecule has 2 heteroatoms. The maximum atomic E-state index is 7.18. The lowest BCUT2D eigenvalue weighted by Crippen LogP contribution is -2.10. The van der Waals surface area contributed by atoms with Crippen LogP contribution in [0.3, 0.4) is 0 Å². The van der Waals surface area contributed by atoms with E-state index in [0.717, 1.165) is 61.3 Å². The first-order chi connectivity index (χ1) is 28.8. The quantitative estimate of drug-likeness (QED) is 0.151. The summed E-state index contributed by atoms with van der Waals surface area (Å²) in [5.41, 5.74) is 14.0. The molecule has 11 rings (SSSR count). The average Bonchev–Trinajstić information content (AvgIpc) is 3.71. The molecular formula is C56H37NO. The first-order valence-corrected chi connectivity index (χ1v) is 19.8. The van der Waals surface area contributed by atoms with Gasteiger partial charge in [0.05, 0.1) is 5.69 Å². The van der Waals surface area contributed by atoms with Crippen molar-refractivity contribution in [2.45, 2.75) is 0 Å². The van der Waals surface area contributed by atoms with Crippen molar-refractivity contribution in [3.8, 4) is 44.5 Å². The third-order valence-electron chi connectivity index (χ3n) is 11.5. The van der Waals surface area contributed by atoms with Crippen molar-refractivity contribution in [2.24, 2.45) is 0 Å². The number of nitrogens with zero attached hydrogens (tertiary/aromatic N) is 1. The normalized spacial score (nSPS) is 11.4. The van der Waals surface area contributed by atoms with Crippen LogP contribution in [-0.2, 0) is 0 Å². The van der Waals surface area contributed by atoms with Gasteiger partial charge in [0.2, 0.25) is 0 Å². The summed E-state index contributed by atoms with van der Waals surface area (Å²) in [6.07, 6.45) is 0. The van der Waals surface area contributed by atoms with Gasteiger partial charge in [-0.2, -0.15) is 0 Å². The van der Waals surface area contributed by atoms with Crippen molar-refractivity contribution in [3.63, 3.8) is 0 Å². The van der Waals surface area contributed by atoms with Crippen LogP contribution in [0.15, 0.2) is 229 Å². The molecule has 0 fully saturated rings. The van der Waals surface area contributed by atoms with Crippen LogP contribution in [-0.4, -0.2) is 0 Å². The first-order valence-electron chi connectivity index (χ1n) is 19.8. The lowest BCUT2D eigenvalue weighted by atomic mass is 9.96. The van der Waals surface area contributed by atoms with Gasteiger partial charge in [-0.3, -0.25) is 0 Å². The fourth-order valence-corrected chi connectivity index (χ4v) is 8.61. The van der Waals surface area contributed by atoms with E-state index in [2.05, 4.69) is 229 Å². The fourth-order valence-electron chi connectivity index (χ4n) is 8.61. The minimum Gasteiger partial charge on any atom is -0.453 e. The molecule has 0 bridgehead atoms. The second kappa shape index (κ2) is 14.1. The smallest absolute Gasteiger partial charge is 0.160 e. The second-order valence-corrected chi connectivity index (χ2v) is 14.9. The van der Waals surface area contributed by atoms with Crippen LogP contribution in [0.4, 0.5) is 17.1 Å². The van der Waals surface area contributed by atoms with Gasteiger partial charge in [0.15, 0.2) is 5.58 Å². The highest BCUT2D eigenvalue weighted by Gasteiger charge is 2.24. The van der Waals surface area contributed by atoms with E-state index < -0.39 is 0 Å². The number of furan rings is 1. The molecule has 0 radical (unpaired) electrons. The molecule has 10 aromatic carbocycles. The Hall–Kier alpha value is -7.68. The van der Waals surface area contributed by atoms with Gasteiger partial charge in [-0.15, -0.1) is 0 Å². The van der Waals surface area contributed by atoms with E-state index in [0.29, 0.717) is 0 Å². The Morgan fingerprint density at radius 3 is 1.47 bits per heavy atom. The van der Waals surface area contributed by atoms with Gasteiger partial charge >= 0.3 is 0 Å². The molecule has 1 heterocycles. The lowest BCUT2D eigenvalue weighted by Gasteiger charge is -2.26. The molecule has 1 aromatic heterocycles. The standard InChI is InChI=1S/C56H37NO/c1-4-13-38(14-5-1)39-27-31-46(32-28-39)57(47-33-29-40(30-34-47)45-26-25-44-24-23-43-19-10-11-20-48(43)52(44)37-45)53-36-35-49(41-15-6-2-7-16-41)54-51-22-12-21-50(55(51)58-56(53)54)42-17-8-3-9-18-42/h1-37H. The maximum Gasteiger partial charge on any atom is 0.160 e. The molecule has 11 aromatic rings. The van der Waals surface area contributed by atoms with E-state index in [9.17, 15) is 0 Å². The van der Waals surface area contributed by atoms with Crippen molar-refractivity contribution in [1.82, 2.24) is 0 Å². The molecule has 0 aliphatic carbocycles. The zero-order valence-electron chi connectivity index (χ0n) is 31.7. The van der Waals surface area contributed by atoms with Crippen LogP contribution >= 0.6 is 0 Å². The van der Waals surface area contributed by atoms with Gasteiger partial charge in [0, 0.05) is 27.7 Å². The van der Waals surface area contributed by atoms with Crippen LogP contribution in [0.25, 0.3) is 88.0 Å². The molecule has 2 nitrogen and oxygen atoms in total. The number of benzene rings is 10. The van der Waals surface area contributed by atoms with E-state index in [1.54, 1.807) is 0 Å². The Bertz CT molecular complexity index is 3240. The van der Waals surface area contributed by atoms with Crippen LogP contribution in [0.2, 0.25) is 0 Å². The Balaban J connectivity index is 1.11. The Labute approximate surface area is 337 Å². The average molecular weight is 740 g/mol. The van der Waals surface area contributed by atoms with Gasteiger partial charge in [-0.25, -0.2) is 0 Å². The molecule has 0 saturated carbocycles. The summed E-state index contributed by atoms with van der Waals surface area (Å²) in [4.78, 5) is 2.34. The molecule has 0 amide bonds. The Kier molecular flexibility index (Phi) is 8.19. The highest BCUT2D eigenvalue weighted by Crippen LogP contribution is 2.48. The monoisotopic (exact) mass is 739 g/mol. The minimum absolute atomic E-state index is 0.845. The molecule has 0 unspecified atom stereocenters. The van der Waals surface area contributed by atoms with Crippen LogP contribution in [0.1, 0.15) is 0 Å². The summed E-state index contributed by atoms with van der Waals surface area (Å²) in [7, 11) is 0. The fraction of sp³-hybridized carbons (Fsp3) is 0. The first kappa shape index (κ1) is 33.6. The zero-order chi connectivity index (χ0) is 38.4. The van der Waals surface area contributed by atoms with Gasteiger partial charge in [0.25, 0.3) is 0 Å². The van der Waals surface area contributed by atoms with Crippen molar-refractivity contribution >= 4 is 60.5 Å². The van der Waals surface area contributed by atoms with E-state index in [1.165, 1.54) is 43.8 Å². The van der Waals surface area contributed by atoms with E-state index in [4.69, 9.17) is 4.42 Å². The second-order valence-electron chi connectivity index (χ2n) is 14.9. The number of para-hydroxylation sites is 1. The van der Waals surface area contributed by atoms with Crippen molar-refractivity contribution in [1.29, 1.82) is 0 Å². The van der Waals surface area contributed by atoms with Crippen LogP contribution in [0.5, 0.6) is 0 Å². The lowest BCUT2D eigenvalue weighted by molar-refractivity contribution is 0.670. The molecule has 0 aliphatic rings. The Morgan fingerprint density at radius 1 is 0.293 bits per heavy atom. The van der Waals surface area contributed by atoms with Gasteiger partial charge in [0.1, 0.15) is 5.58 Å². The number of hydrogen-bond donors (Lipinski definition) is 0. The summed E-state index contributed by atoms with van der Waals surface area (Å²) < 4.78 is 7.18. The third kappa shape index (κ3) is 5.82. The maximum absolute atomic E-state index is 7.18. The van der Waals surface area contributed by atoms with Gasteiger partial charge in [-0.05, 0) is 96.9 Å². The summed E-state index contributed by atoms with van der Waals surface area (Å²) in [6, 6.07) is 80.4. The topological polar surface area (TPSA) is 16.4 Å². The summed E-state index contributed by atoms with van der Waals surface area (Å²) >= 11 is 0. The number of rotatable bonds is 7. The molecule has 0 saturated heterocycles. The van der Waals surface area contributed by atoms with E-state index in [1.807, 2.05) is 0 Å². The highest BCUT2D eigenvalue weighted by atomic mass is 16.3. The number of hydrogen-bond acceptors (Lipinski definition) is 2. The van der Waals surface area contributed by atoms with E-state index in [-0.39, 0.29) is 0 Å². The molecule has 0 atom stereocenters. The minimum atomic E-state index is 0.845. The largest absolute Gasteiger partial charge is 0.453 e. The zero-order valence-corrected chi connectivity index (χ0v) is 31.7. The van der Waals surface area contributed by atoms with Crippen molar-refractivity contribution in [2.75, 3.05) is 4.90 Å². The molecule has 58 heavy (non-hydrogen) atoms. The molecule has 0 spiro atoms. The van der Waals surface area contributed by atoms with Crippen molar-refractivity contribution in [3.05, 3.63) is 224 Å². The van der Waals surface area contributed by atoms with Crippen LogP contribution < -0.4 is 4.90 Å². The van der Waals surface area contributed by atoms with Crippen molar-refractivity contribution < 1.29 is 4.42 Å². The third-order valence-corrected chi connectivity index (χ3v) is 11.5. The highest BCUT2D eigenvalue weighted by molar-refractivity contribution is 6.19. The van der Waals surface area contributed by atoms with E-state index >= 15 is 0 Å². The molecular weight excluding hydrogens is 703 g/mol. The summed E-state index contributed by atoms with van der Waals surface area (Å²) in [5.74, 6) is 0. The van der Waals surface area contributed by atoms with Crippen LogP contribution in [0, 0.1) is 0 Å². The van der Waals surface area contributed by atoms with Gasteiger partial charge < -0.3 is 9.32 Å². The summed E-state index contributed by atoms with van der Waals surface area (Å²) in [5, 5.41) is 7.22. The predicted molar refractivity (Wildman–Crippen MR) is 245 cm³/mol.